The molecule has 0 fully saturated rings. The molecule has 0 aliphatic rings. The number of carboxylic acids is 1. The van der Waals surface area contributed by atoms with Gasteiger partial charge in [0.25, 0.3) is 0 Å². The molecular formula is C14H21ClN3O3+. The number of hydrogen-bond acceptors (Lipinski definition) is 3. The van der Waals surface area contributed by atoms with Crippen LogP contribution >= 0.6 is 11.6 Å². The van der Waals surface area contributed by atoms with E-state index < -0.39 is 12.0 Å². The Morgan fingerprint density at radius 3 is 2.48 bits per heavy atom. The SMILES string of the molecule is C[NH+](C)CC[NH2+][C@@H](CC(=O)Nc1ccc(Cl)cc1)C(=O)[O-]. The van der Waals surface area contributed by atoms with Crippen LogP contribution in [0.1, 0.15) is 6.42 Å². The van der Waals surface area contributed by atoms with Gasteiger partial charge in [0.1, 0.15) is 19.1 Å². The summed E-state index contributed by atoms with van der Waals surface area (Å²) in [5.74, 6) is -1.59. The Hall–Kier alpha value is -1.63. The molecule has 0 aliphatic carbocycles. The number of carbonyl (C=O) groups is 2. The van der Waals surface area contributed by atoms with Gasteiger partial charge in [-0.3, -0.25) is 4.79 Å². The molecule has 116 valence electrons. The van der Waals surface area contributed by atoms with E-state index in [1.165, 1.54) is 4.90 Å². The molecule has 4 N–H and O–H groups in total. The highest BCUT2D eigenvalue weighted by molar-refractivity contribution is 6.30. The Kier molecular flexibility index (Phi) is 7.14. The first-order valence-corrected chi connectivity index (χ1v) is 7.15. The first kappa shape index (κ1) is 17.4. The predicted octanol–water partition coefficient (Wildman–Crippen LogP) is -2.50. The van der Waals surface area contributed by atoms with Crippen molar-refractivity contribution in [3.05, 3.63) is 29.3 Å². The molecule has 7 heteroatoms. The third kappa shape index (κ3) is 7.08. The Morgan fingerprint density at radius 2 is 1.95 bits per heavy atom. The van der Waals surface area contributed by atoms with E-state index in [1.54, 1.807) is 29.6 Å². The quantitative estimate of drug-likeness (QED) is 0.495. The number of carbonyl (C=O) groups excluding carboxylic acids is 2. The van der Waals surface area contributed by atoms with Crippen LogP contribution in [0.3, 0.4) is 0 Å². The van der Waals surface area contributed by atoms with Gasteiger partial charge in [0.2, 0.25) is 5.91 Å². The van der Waals surface area contributed by atoms with Crippen LogP contribution in [0.5, 0.6) is 0 Å². The van der Waals surface area contributed by atoms with Crippen LogP contribution in [0, 0.1) is 0 Å². The average molecular weight is 315 g/mol. The largest absolute Gasteiger partial charge is 0.544 e. The normalized spacial score (nSPS) is 12.2. The topological polar surface area (TPSA) is 90.3 Å². The number of anilines is 1. The Morgan fingerprint density at radius 1 is 1.33 bits per heavy atom. The number of quaternary nitrogens is 2. The number of carboxylic acid groups (broad SMARTS) is 1. The van der Waals surface area contributed by atoms with Crippen LogP contribution in [0.25, 0.3) is 0 Å². The number of aliphatic carboxylic acids is 1. The zero-order valence-electron chi connectivity index (χ0n) is 12.2. The average Bonchev–Trinajstić information content (AvgIpc) is 2.39. The molecular weight excluding hydrogens is 294 g/mol. The van der Waals surface area contributed by atoms with Gasteiger partial charge in [-0.1, -0.05) is 11.6 Å². The standard InChI is InChI=1S/C14H20ClN3O3/c1-18(2)8-7-16-12(14(20)21)9-13(19)17-11-5-3-10(15)4-6-11/h3-6,12,16H,7-9H2,1-2H3,(H,17,19)(H,20,21)/p+1/t12-/m0/s1. The number of likely N-dealkylation sites (N-methyl/N-ethyl adjacent to an activating group) is 1. The number of nitrogens with two attached hydrogens (primary N) is 1. The zero-order valence-corrected chi connectivity index (χ0v) is 12.9. The molecule has 1 rings (SSSR count). The zero-order chi connectivity index (χ0) is 15.8. The number of rotatable bonds is 8. The number of benzene rings is 1. The van der Waals surface area contributed by atoms with E-state index in [4.69, 9.17) is 11.6 Å². The molecule has 1 amide bonds. The number of amides is 1. The van der Waals surface area contributed by atoms with Gasteiger partial charge in [0.15, 0.2) is 0 Å². The summed E-state index contributed by atoms with van der Waals surface area (Å²) in [6.07, 6.45) is -0.131. The summed E-state index contributed by atoms with van der Waals surface area (Å²) in [7, 11) is 3.96. The maximum absolute atomic E-state index is 11.8. The van der Waals surface area contributed by atoms with Gasteiger partial charge < -0.3 is 25.4 Å². The van der Waals surface area contributed by atoms with Crippen LogP contribution < -0.4 is 20.6 Å². The molecule has 0 bridgehead atoms. The van der Waals surface area contributed by atoms with Gasteiger partial charge in [-0.25, -0.2) is 0 Å². The lowest BCUT2D eigenvalue weighted by Gasteiger charge is -2.17. The predicted molar refractivity (Wildman–Crippen MR) is 78.0 cm³/mol. The minimum absolute atomic E-state index is 0.131. The third-order valence-electron chi connectivity index (χ3n) is 2.93. The van der Waals surface area contributed by atoms with E-state index in [1.807, 2.05) is 14.1 Å². The lowest BCUT2D eigenvalue weighted by atomic mass is 10.2. The number of halogens is 1. The maximum Gasteiger partial charge on any atom is 0.230 e. The van der Waals surface area contributed by atoms with Crippen molar-refractivity contribution in [1.82, 2.24) is 0 Å². The second kappa shape index (κ2) is 8.61. The van der Waals surface area contributed by atoms with E-state index >= 15 is 0 Å². The van der Waals surface area contributed by atoms with Crippen LogP contribution in [-0.2, 0) is 9.59 Å². The van der Waals surface area contributed by atoms with Gasteiger partial charge >= 0.3 is 0 Å². The van der Waals surface area contributed by atoms with E-state index in [0.29, 0.717) is 17.3 Å². The van der Waals surface area contributed by atoms with Gasteiger partial charge in [-0.2, -0.15) is 0 Å². The molecule has 0 aliphatic heterocycles. The van der Waals surface area contributed by atoms with Crippen LogP contribution in [0.2, 0.25) is 5.02 Å². The van der Waals surface area contributed by atoms with Gasteiger partial charge in [0, 0.05) is 10.7 Å². The van der Waals surface area contributed by atoms with Crippen molar-refractivity contribution in [2.24, 2.45) is 0 Å². The lowest BCUT2D eigenvalue weighted by Crippen LogP contribution is -3.10. The van der Waals surface area contributed by atoms with E-state index in [-0.39, 0.29) is 12.3 Å². The molecule has 0 heterocycles. The minimum atomic E-state index is -1.23. The summed E-state index contributed by atoms with van der Waals surface area (Å²) < 4.78 is 0. The summed E-state index contributed by atoms with van der Waals surface area (Å²) in [6.45, 7) is 1.43. The summed E-state index contributed by atoms with van der Waals surface area (Å²) in [4.78, 5) is 24.1. The molecule has 6 nitrogen and oxygen atoms in total. The molecule has 0 unspecified atom stereocenters. The van der Waals surface area contributed by atoms with Gasteiger partial charge in [-0.05, 0) is 24.3 Å². The first-order chi connectivity index (χ1) is 9.88. The van der Waals surface area contributed by atoms with Crippen LogP contribution in [-0.4, -0.2) is 45.1 Å². The second-order valence-corrected chi connectivity index (χ2v) is 5.60. The summed E-state index contributed by atoms with van der Waals surface area (Å²) in [5, 5.41) is 15.9. The summed E-state index contributed by atoms with van der Waals surface area (Å²) in [5.41, 5.74) is 0.583. The molecule has 0 aromatic heterocycles. The molecule has 1 aromatic rings. The van der Waals surface area contributed by atoms with Crippen molar-refractivity contribution in [2.45, 2.75) is 12.5 Å². The van der Waals surface area contributed by atoms with E-state index in [0.717, 1.165) is 6.54 Å². The van der Waals surface area contributed by atoms with Crippen molar-refractivity contribution in [1.29, 1.82) is 0 Å². The monoisotopic (exact) mass is 314 g/mol. The van der Waals surface area contributed by atoms with E-state index in [2.05, 4.69) is 5.32 Å². The highest BCUT2D eigenvalue weighted by Gasteiger charge is 2.18. The highest BCUT2D eigenvalue weighted by atomic mass is 35.5. The van der Waals surface area contributed by atoms with Crippen molar-refractivity contribution in [2.75, 3.05) is 32.5 Å². The molecule has 1 aromatic carbocycles. The van der Waals surface area contributed by atoms with Crippen LogP contribution in [0.15, 0.2) is 24.3 Å². The van der Waals surface area contributed by atoms with Crippen LogP contribution in [0.4, 0.5) is 5.69 Å². The Bertz CT molecular complexity index is 477. The fraction of sp³-hybridized carbons (Fsp3) is 0.429. The first-order valence-electron chi connectivity index (χ1n) is 6.77. The summed E-state index contributed by atoms with van der Waals surface area (Å²) in [6, 6.07) is 5.75. The fourth-order valence-corrected chi connectivity index (χ4v) is 1.91. The third-order valence-corrected chi connectivity index (χ3v) is 3.18. The lowest BCUT2D eigenvalue weighted by molar-refractivity contribution is -0.876. The maximum atomic E-state index is 11.8. The fourth-order valence-electron chi connectivity index (χ4n) is 1.78. The Labute approximate surface area is 129 Å². The summed E-state index contributed by atoms with van der Waals surface area (Å²) >= 11 is 5.75. The smallest absolute Gasteiger partial charge is 0.230 e. The molecule has 21 heavy (non-hydrogen) atoms. The van der Waals surface area contributed by atoms with Crippen molar-refractivity contribution in [3.8, 4) is 0 Å². The number of hydrogen-bond donors (Lipinski definition) is 3. The van der Waals surface area contributed by atoms with Crippen molar-refractivity contribution in [3.63, 3.8) is 0 Å². The van der Waals surface area contributed by atoms with E-state index in [9.17, 15) is 14.7 Å². The van der Waals surface area contributed by atoms with Gasteiger partial charge in [0.05, 0.1) is 26.5 Å². The Balaban J connectivity index is 2.48. The highest BCUT2D eigenvalue weighted by Crippen LogP contribution is 2.13. The molecule has 0 saturated carbocycles. The molecule has 0 radical (unpaired) electrons. The van der Waals surface area contributed by atoms with Crippen molar-refractivity contribution < 1.29 is 24.9 Å². The second-order valence-electron chi connectivity index (χ2n) is 5.17. The van der Waals surface area contributed by atoms with Crippen molar-refractivity contribution >= 4 is 29.2 Å². The minimum Gasteiger partial charge on any atom is -0.544 e. The molecule has 1 atom stereocenters. The molecule has 0 spiro atoms. The molecule has 0 saturated heterocycles. The van der Waals surface area contributed by atoms with Gasteiger partial charge in [-0.15, -0.1) is 0 Å². The number of nitrogens with one attached hydrogen (secondary N) is 2.